The number of amides is 1. The number of pyridine rings is 1. The lowest BCUT2D eigenvalue weighted by atomic mass is 10.2. The second kappa shape index (κ2) is 8.35. The Balaban J connectivity index is 1.53. The van der Waals surface area contributed by atoms with Crippen molar-refractivity contribution in [1.82, 2.24) is 25.0 Å². The van der Waals surface area contributed by atoms with E-state index in [4.69, 9.17) is 4.42 Å². The summed E-state index contributed by atoms with van der Waals surface area (Å²) in [5, 5.41) is 8.07. The Morgan fingerprint density at radius 3 is 2.58 bits per heavy atom. The molecular weight excluding hydrogens is 330 g/mol. The highest BCUT2D eigenvalue weighted by Crippen LogP contribution is 2.17. The minimum atomic E-state index is -0.0177. The Bertz CT molecular complexity index is 835. The molecule has 0 radical (unpaired) electrons. The van der Waals surface area contributed by atoms with Crippen molar-refractivity contribution < 1.29 is 9.21 Å². The third kappa shape index (κ3) is 4.73. The highest BCUT2D eigenvalue weighted by atomic mass is 16.4. The van der Waals surface area contributed by atoms with E-state index in [0.29, 0.717) is 24.9 Å². The fraction of sp³-hybridized carbons (Fsp3) is 0.263. The van der Waals surface area contributed by atoms with Gasteiger partial charge in [0.2, 0.25) is 17.7 Å². The molecule has 0 fully saturated rings. The van der Waals surface area contributed by atoms with E-state index in [0.717, 1.165) is 11.1 Å². The van der Waals surface area contributed by atoms with Crippen molar-refractivity contribution in [1.29, 1.82) is 0 Å². The van der Waals surface area contributed by atoms with Crippen LogP contribution < -0.4 is 0 Å². The zero-order valence-electron chi connectivity index (χ0n) is 14.9. The topological polar surface area (TPSA) is 75.4 Å². The lowest BCUT2D eigenvalue weighted by molar-refractivity contribution is -0.131. The van der Waals surface area contributed by atoms with Gasteiger partial charge in [-0.3, -0.25) is 14.7 Å². The molecule has 7 nitrogen and oxygen atoms in total. The SMILES string of the molecule is CN(CC(=O)N(C)Cc1nnc(-c2ccccc2)o1)Cc1cccnc1. The molecule has 0 saturated carbocycles. The number of nitrogens with zero attached hydrogens (tertiary/aromatic N) is 5. The number of carbonyl (C=O) groups excluding carboxylic acids is 1. The van der Waals surface area contributed by atoms with Crippen LogP contribution in [0.3, 0.4) is 0 Å². The summed E-state index contributed by atoms with van der Waals surface area (Å²) in [5.74, 6) is 0.848. The number of hydrogen-bond donors (Lipinski definition) is 0. The molecule has 1 aromatic carbocycles. The molecule has 2 aromatic heterocycles. The number of likely N-dealkylation sites (N-methyl/N-ethyl adjacent to an activating group) is 2. The van der Waals surface area contributed by atoms with Crippen molar-refractivity contribution in [2.45, 2.75) is 13.1 Å². The second-order valence-electron chi connectivity index (χ2n) is 6.15. The maximum absolute atomic E-state index is 12.4. The maximum Gasteiger partial charge on any atom is 0.247 e. The quantitative estimate of drug-likeness (QED) is 0.650. The normalized spacial score (nSPS) is 10.9. The maximum atomic E-state index is 12.4. The highest BCUT2D eigenvalue weighted by molar-refractivity contribution is 5.77. The lowest BCUT2D eigenvalue weighted by Gasteiger charge is -2.20. The van der Waals surface area contributed by atoms with Crippen LogP contribution in [0.1, 0.15) is 11.5 Å². The molecule has 0 spiro atoms. The van der Waals surface area contributed by atoms with Gasteiger partial charge >= 0.3 is 0 Å². The van der Waals surface area contributed by atoms with Gasteiger partial charge in [-0.25, -0.2) is 0 Å². The smallest absolute Gasteiger partial charge is 0.247 e. The van der Waals surface area contributed by atoms with E-state index in [-0.39, 0.29) is 12.5 Å². The standard InChI is InChI=1S/C19H21N5O2/c1-23(12-15-7-6-10-20-11-15)14-18(25)24(2)13-17-21-22-19(26-17)16-8-4-3-5-9-16/h3-11H,12-14H2,1-2H3. The molecule has 3 rings (SSSR count). The van der Waals surface area contributed by atoms with E-state index in [1.807, 2.05) is 54.4 Å². The summed E-state index contributed by atoms with van der Waals surface area (Å²) >= 11 is 0. The highest BCUT2D eigenvalue weighted by Gasteiger charge is 2.16. The minimum absolute atomic E-state index is 0.0177. The predicted octanol–water partition coefficient (Wildman–Crippen LogP) is 2.22. The molecular formula is C19H21N5O2. The first kappa shape index (κ1) is 17.8. The number of hydrogen-bond acceptors (Lipinski definition) is 6. The molecule has 0 aliphatic carbocycles. The third-order valence-corrected chi connectivity index (χ3v) is 3.87. The Morgan fingerprint density at radius 2 is 1.85 bits per heavy atom. The average molecular weight is 351 g/mol. The molecule has 7 heteroatoms. The van der Waals surface area contributed by atoms with Gasteiger partial charge in [-0.05, 0) is 30.8 Å². The molecule has 134 valence electrons. The van der Waals surface area contributed by atoms with Crippen molar-refractivity contribution in [3.05, 3.63) is 66.3 Å². The van der Waals surface area contributed by atoms with Crippen molar-refractivity contribution in [3.8, 4) is 11.5 Å². The molecule has 3 aromatic rings. The largest absolute Gasteiger partial charge is 0.419 e. The Kier molecular flexibility index (Phi) is 5.70. The first-order valence-corrected chi connectivity index (χ1v) is 8.31. The van der Waals surface area contributed by atoms with Crippen LogP contribution in [0.25, 0.3) is 11.5 Å². The first-order chi connectivity index (χ1) is 12.6. The summed E-state index contributed by atoms with van der Waals surface area (Å²) in [5.41, 5.74) is 1.92. The molecule has 0 aliphatic rings. The summed E-state index contributed by atoms with van der Waals surface area (Å²) in [6, 6.07) is 13.4. The minimum Gasteiger partial charge on any atom is -0.419 e. The Labute approximate surface area is 152 Å². The van der Waals surface area contributed by atoms with Crippen molar-refractivity contribution in [2.24, 2.45) is 0 Å². The van der Waals surface area contributed by atoms with Crippen LogP contribution in [0.15, 0.2) is 59.3 Å². The fourth-order valence-corrected chi connectivity index (χ4v) is 2.52. The van der Waals surface area contributed by atoms with E-state index < -0.39 is 0 Å². The third-order valence-electron chi connectivity index (χ3n) is 3.87. The van der Waals surface area contributed by atoms with Crippen molar-refractivity contribution >= 4 is 5.91 Å². The van der Waals surface area contributed by atoms with Crippen LogP contribution in [-0.2, 0) is 17.9 Å². The van der Waals surface area contributed by atoms with Gasteiger partial charge in [0, 0.05) is 31.5 Å². The van der Waals surface area contributed by atoms with Crippen LogP contribution in [0.4, 0.5) is 0 Å². The van der Waals surface area contributed by atoms with Gasteiger partial charge in [-0.15, -0.1) is 10.2 Å². The van der Waals surface area contributed by atoms with E-state index >= 15 is 0 Å². The van der Waals surface area contributed by atoms with Crippen LogP contribution in [-0.4, -0.2) is 51.5 Å². The monoisotopic (exact) mass is 351 g/mol. The molecule has 26 heavy (non-hydrogen) atoms. The van der Waals surface area contributed by atoms with Gasteiger partial charge in [0.15, 0.2) is 0 Å². The van der Waals surface area contributed by atoms with Gasteiger partial charge < -0.3 is 9.32 Å². The van der Waals surface area contributed by atoms with Gasteiger partial charge in [-0.1, -0.05) is 24.3 Å². The van der Waals surface area contributed by atoms with E-state index in [2.05, 4.69) is 15.2 Å². The van der Waals surface area contributed by atoms with E-state index in [9.17, 15) is 4.79 Å². The molecule has 0 aliphatic heterocycles. The number of carbonyl (C=O) groups is 1. The van der Waals surface area contributed by atoms with Gasteiger partial charge in [0.05, 0.1) is 13.1 Å². The zero-order valence-corrected chi connectivity index (χ0v) is 14.9. The molecule has 0 unspecified atom stereocenters. The van der Waals surface area contributed by atoms with Crippen molar-refractivity contribution in [2.75, 3.05) is 20.6 Å². The molecule has 2 heterocycles. The number of benzene rings is 1. The zero-order chi connectivity index (χ0) is 18.4. The summed E-state index contributed by atoms with van der Waals surface area (Å²) in [7, 11) is 3.63. The van der Waals surface area contributed by atoms with E-state index in [1.165, 1.54) is 0 Å². The molecule has 0 N–H and O–H groups in total. The van der Waals surface area contributed by atoms with Crippen molar-refractivity contribution in [3.63, 3.8) is 0 Å². The van der Waals surface area contributed by atoms with E-state index in [1.54, 1.807) is 24.3 Å². The molecule has 0 saturated heterocycles. The summed E-state index contributed by atoms with van der Waals surface area (Å²) < 4.78 is 5.65. The number of rotatable bonds is 7. The van der Waals surface area contributed by atoms with Gasteiger partial charge in [-0.2, -0.15) is 0 Å². The summed E-state index contributed by atoms with van der Waals surface area (Å²) in [6.07, 6.45) is 3.53. The van der Waals surface area contributed by atoms with Crippen LogP contribution in [0, 0.1) is 0 Å². The Hall–Kier alpha value is -3.06. The second-order valence-corrected chi connectivity index (χ2v) is 6.15. The summed E-state index contributed by atoms with van der Waals surface area (Å²) in [4.78, 5) is 20.0. The average Bonchev–Trinajstić information content (AvgIpc) is 3.11. The van der Waals surface area contributed by atoms with Crippen LogP contribution in [0.2, 0.25) is 0 Å². The molecule has 0 bridgehead atoms. The number of aromatic nitrogens is 3. The lowest BCUT2D eigenvalue weighted by Crippen LogP contribution is -2.36. The Morgan fingerprint density at radius 1 is 1.04 bits per heavy atom. The van der Waals surface area contributed by atoms with Gasteiger partial charge in [0.1, 0.15) is 0 Å². The fourth-order valence-electron chi connectivity index (χ4n) is 2.52. The van der Waals surface area contributed by atoms with Crippen LogP contribution in [0.5, 0.6) is 0 Å². The predicted molar refractivity (Wildman–Crippen MR) is 96.8 cm³/mol. The molecule has 1 amide bonds. The molecule has 0 atom stereocenters. The summed E-state index contributed by atoms with van der Waals surface area (Å²) in [6.45, 7) is 1.23. The van der Waals surface area contributed by atoms with Crippen LogP contribution >= 0.6 is 0 Å². The van der Waals surface area contributed by atoms with Gasteiger partial charge in [0.25, 0.3) is 0 Å². The first-order valence-electron chi connectivity index (χ1n) is 8.31.